The monoisotopic (exact) mass is 948 g/mol. The number of ether oxygens (including phenoxy) is 4. The lowest BCUT2D eigenvalue weighted by Crippen LogP contribution is -2.64. The van der Waals surface area contributed by atoms with Gasteiger partial charge in [-0.3, -0.25) is 9.36 Å². The zero-order chi connectivity index (χ0) is 46.2. The van der Waals surface area contributed by atoms with Crippen molar-refractivity contribution in [3.63, 3.8) is 0 Å². The van der Waals surface area contributed by atoms with Crippen molar-refractivity contribution >= 4 is 53.4 Å². The Morgan fingerprint density at radius 3 is 2.06 bits per heavy atom. The number of imidazole rings is 1. The van der Waals surface area contributed by atoms with E-state index in [9.17, 15) is 4.79 Å². The van der Waals surface area contributed by atoms with Gasteiger partial charge in [-0.15, -0.1) is 0 Å². The quantitative estimate of drug-likeness (QED) is 0.0616. The van der Waals surface area contributed by atoms with Crippen molar-refractivity contribution in [2.45, 2.75) is 147 Å². The number of nitrogens with zero attached hydrogens (tertiary/aromatic N) is 4. The highest BCUT2D eigenvalue weighted by Gasteiger charge is 2.63. The molecule has 64 heavy (non-hydrogen) atoms. The average molecular weight is 950 g/mol. The first kappa shape index (κ1) is 49.0. The van der Waals surface area contributed by atoms with E-state index in [0.29, 0.717) is 54.2 Å². The fourth-order valence-electron chi connectivity index (χ4n) is 9.38. The number of hydrogen-bond donors (Lipinski definition) is 0. The molecular weight excluding hydrogens is 876 g/mol. The second-order valence-electron chi connectivity index (χ2n) is 22.7. The summed E-state index contributed by atoms with van der Waals surface area (Å²) in [6, 6.07) is 20.6. The fraction of sp³-hybridized carbons (Fsp3) is 0.612. The van der Waals surface area contributed by atoms with Crippen LogP contribution in [-0.4, -0.2) is 108 Å². The van der Waals surface area contributed by atoms with Crippen LogP contribution in [0.15, 0.2) is 54.6 Å². The molecule has 1 saturated carbocycles. The third-order valence-electron chi connectivity index (χ3n) is 13.0. The van der Waals surface area contributed by atoms with Gasteiger partial charge < -0.3 is 32.7 Å². The Balaban J connectivity index is 1.05. The van der Waals surface area contributed by atoms with Gasteiger partial charge in [-0.25, -0.2) is 4.98 Å². The second-order valence-corrected chi connectivity index (χ2v) is 39.1. The number of hydrogen-bond acceptors (Lipinski definition) is 9. The number of aromatic nitrogens is 3. The molecule has 350 valence electrons. The summed E-state index contributed by atoms with van der Waals surface area (Å²) in [6.45, 7) is 31.5. The van der Waals surface area contributed by atoms with Gasteiger partial charge in [0.2, 0.25) is 0 Å². The van der Waals surface area contributed by atoms with Gasteiger partial charge in [0.05, 0.1) is 28.4 Å². The molecular formula is C49H73ClN4O7Si3. The fourth-order valence-corrected chi connectivity index (χ4v) is 16.2. The van der Waals surface area contributed by atoms with Gasteiger partial charge in [0.15, 0.2) is 5.65 Å². The standard InChI is InChI=1S/C49H73ClN4O7Si3/c1-48(2,3)64(49(4,5)6)59-31-38-21-22-42(44(38)61-64)60-47-52-45-41(54(47)32-56-25-27-62(7,8)9)29-40(50)43(51-45)36-17-13-34(14-18-36)35-15-19-37(20-16-35)46(55)53-24-23-39(30-53)58-33-57-26-28-63(10,11)12/h13-20,29,38-39,42,44H,21-28,30-33H2,1-12H3/t38-,39-,42-,44-/m1/s1. The Kier molecular flexibility index (Phi) is 14.8. The molecule has 0 spiro atoms. The summed E-state index contributed by atoms with van der Waals surface area (Å²) < 4.78 is 40.9. The molecule has 3 aliphatic rings. The van der Waals surface area contributed by atoms with Crippen molar-refractivity contribution in [3.8, 4) is 28.4 Å². The number of fused-ring (bicyclic) bond motifs is 2. The zero-order valence-corrected chi connectivity index (χ0v) is 44.3. The van der Waals surface area contributed by atoms with Crippen LogP contribution in [0.5, 0.6) is 6.01 Å². The van der Waals surface area contributed by atoms with Gasteiger partial charge in [-0.1, -0.05) is 129 Å². The van der Waals surface area contributed by atoms with Gasteiger partial charge in [0.25, 0.3) is 5.91 Å². The molecule has 15 heteroatoms. The predicted molar refractivity (Wildman–Crippen MR) is 265 cm³/mol. The summed E-state index contributed by atoms with van der Waals surface area (Å²) >= 11 is 7.08. The molecule has 1 amide bonds. The van der Waals surface area contributed by atoms with Crippen LogP contribution < -0.4 is 4.74 Å². The minimum absolute atomic E-state index is 0.000930. The zero-order valence-electron chi connectivity index (χ0n) is 40.5. The number of amides is 1. The van der Waals surface area contributed by atoms with Gasteiger partial charge >= 0.3 is 14.6 Å². The summed E-state index contributed by atoms with van der Waals surface area (Å²) in [5.41, 5.74) is 5.52. The Hall–Kier alpha value is -2.93. The SMILES string of the molecule is CC(C)(C)[Si]1(C(C)(C)C)OC[C@H]2CC[C@@H](Oc3nc4nc(-c5ccc(-c6ccc(C(=O)N7CC[C@@H](OCOCC[Si](C)(C)C)C7)cc6)cc5)c(Cl)cc4n3COCC[Si](C)(C)C)[C@@H]2O1. The molecule has 11 nitrogen and oxygen atoms in total. The lowest BCUT2D eigenvalue weighted by atomic mass is 10.0. The number of benzene rings is 2. The van der Waals surface area contributed by atoms with Crippen LogP contribution in [0.4, 0.5) is 0 Å². The normalized spacial score (nSPS) is 21.7. The Labute approximate surface area is 390 Å². The van der Waals surface area contributed by atoms with Gasteiger partial charge in [0.1, 0.15) is 19.6 Å². The summed E-state index contributed by atoms with van der Waals surface area (Å²) in [5.74, 6) is 0.287. The largest absolute Gasteiger partial charge is 0.459 e. The first-order valence-electron chi connectivity index (χ1n) is 23.3. The van der Waals surface area contributed by atoms with Crippen LogP contribution in [0.2, 0.25) is 66.5 Å². The Bertz CT molecular complexity index is 2220. The number of rotatable bonds is 16. The van der Waals surface area contributed by atoms with Gasteiger partial charge in [-0.05, 0) is 60.7 Å². The van der Waals surface area contributed by atoms with Crippen molar-refractivity contribution in [2.75, 3.05) is 39.7 Å². The molecule has 0 N–H and O–H groups in total. The molecule has 7 rings (SSSR count). The molecule has 0 radical (unpaired) electrons. The number of carbonyl (C=O) groups excluding carboxylic acids is 1. The summed E-state index contributed by atoms with van der Waals surface area (Å²) in [7, 11) is -5.14. The maximum absolute atomic E-state index is 13.4. The molecule has 2 aromatic carbocycles. The van der Waals surface area contributed by atoms with E-state index in [1.165, 1.54) is 0 Å². The highest BCUT2D eigenvalue weighted by atomic mass is 35.5. The van der Waals surface area contributed by atoms with E-state index >= 15 is 0 Å². The van der Waals surface area contributed by atoms with Crippen LogP contribution in [0.25, 0.3) is 33.5 Å². The topological polar surface area (TPSA) is 106 Å². The van der Waals surface area contributed by atoms with Crippen LogP contribution >= 0.6 is 11.6 Å². The first-order chi connectivity index (χ1) is 30.0. The number of pyridine rings is 1. The van der Waals surface area contributed by atoms with Crippen LogP contribution in [0.3, 0.4) is 0 Å². The van der Waals surface area contributed by atoms with E-state index in [1.807, 2.05) is 51.9 Å². The van der Waals surface area contributed by atoms with E-state index in [4.69, 9.17) is 49.4 Å². The van der Waals surface area contributed by atoms with E-state index < -0.39 is 24.7 Å². The number of halogens is 1. The Morgan fingerprint density at radius 1 is 0.828 bits per heavy atom. The smallest absolute Gasteiger partial charge is 0.349 e. The van der Waals surface area contributed by atoms with Gasteiger partial charge in [-0.2, -0.15) is 4.98 Å². The maximum Gasteiger partial charge on any atom is 0.349 e. The third kappa shape index (κ3) is 11.2. The van der Waals surface area contributed by atoms with Crippen molar-refractivity contribution in [3.05, 3.63) is 65.2 Å². The lowest BCUT2D eigenvalue weighted by molar-refractivity contribution is -0.0815. The molecule has 1 aliphatic carbocycles. The van der Waals surface area contributed by atoms with Gasteiger partial charge in [0, 0.05) is 76.2 Å². The van der Waals surface area contributed by atoms with Crippen LogP contribution in [-0.2, 0) is 29.8 Å². The molecule has 2 aromatic heterocycles. The van der Waals surface area contributed by atoms with Crippen molar-refractivity contribution in [1.29, 1.82) is 0 Å². The lowest BCUT2D eigenvalue weighted by Gasteiger charge is -2.54. The second kappa shape index (κ2) is 19.4. The number of likely N-dealkylation sites (tertiary alicyclic amines) is 1. The van der Waals surface area contributed by atoms with Crippen molar-refractivity contribution in [1.82, 2.24) is 19.4 Å². The van der Waals surface area contributed by atoms with E-state index in [0.717, 1.165) is 60.2 Å². The average Bonchev–Trinajstić information content (AvgIpc) is 3.94. The molecule has 2 aliphatic heterocycles. The maximum atomic E-state index is 13.4. The third-order valence-corrected chi connectivity index (χ3v) is 21.8. The molecule has 3 fully saturated rings. The minimum Gasteiger partial charge on any atom is -0.459 e. The highest BCUT2D eigenvalue weighted by molar-refractivity contribution is 6.76. The summed E-state index contributed by atoms with van der Waals surface area (Å²) in [6.07, 6.45) is 2.37. The summed E-state index contributed by atoms with van der Waals surface area (Å²) in [5, 5.41) is 0.262. The van der Waals surface area contributed by atoms with E-state index in [-0.39, 0.29) is 53.7 Å². The highest BCUT2D eigenvalue weighted by Crippen LogP contribution is 2.56. The minimum atomic E-state index is -2.70. The van der Waals surface area contributed by atoms with Crippen molar-refractivity contribution in [2.24, 2.45) is 5.92 Å². The Morgan fingerprint density at radius 2 is 1.44 bits per heavy atom. The molecule has 0 bridgehead atoms. The predicted octanol–water partition coefficient (Wildman–Crippen LogP) is 11.9. The van der Waals surface area contributed by atoms with Crippen LogP contribution in [0.1, 0.15) is 71.2 Å². The van der Waals surface area contributed by atoms with Crippen molar-refractivity contribution < 1.29 is 32.6 Å². The molecule has 2 saturated heterocycles. The molecule has 4 heterocycles. The summed E-state index contributed by atoms with van der Waals surface area (Å²) in [4.78, 5) is 25.4. The molecule has 4 aromatic rings. The molecule has 4 atom stereocenters. The number of carbonyl (C=O) groups is 1. The van der Waals surface area contributed by atoms with Crippen LogP contribution in [0, 0.1) is 5.92 Å². The molecule has 0 unspecified atom stereocenters. The van der Waals surface area contributed by atoms with E-state index in [2.05, 4.69) is 93.0 Å². The van der Waals surface area contributed by atoms with E-state index in [1.54, 1.807) is 0 Å². The first-order valence-corrected chi connectivity index (χ1v) is 33.0.